The highest BCUT2D eigenvalue weighted by Gasteiger charge is 2.40. The Morgan fingerprint density at radius 1 is 0.862 bits per heavy atom. The number of allylic oxidation sites excluding steroid dienone is 2. The fourth-order valence-electron chi connectivity index (χ4n) is 3.54. The Morgan fingerprint density at radius 2 is 1.34 bits per heavy atom. The minimum atomic E-state index is -2.33. The summed E-state index contributed by atoms with van der Waals surface area (Å²) in [6.45, 7) is 15.7. The van der Waals surface area contributed by atoms with Crippen molar-refractivity contribution >= 4 is 48.4 Å². The molecule has 0 amide bonds. The van der Waals surface area contributed by atoms with Crippen molar-refractivity contribution in [2.24, 2.45) is 0 Å². The van der Waals surface area contributed by atoms with Gasteiger partial charge in [0.2, 0.25) is 11.6 Å². The molecular weight excluding hydrogens is 438 g/mol. The number of carbonyl (C=O) groups is 2. The zero-order valence-corrected chi connectivity index (χ0v) is 22.2. The Balaban J connectivity index is 2.05. The molecule has 0 unspecified atom stereocenters. The van der Waals surface area contributed by atoms with E-state index in [9.17, 15) is 9.59 Å². The van der Waals surface area contributed by atoms with Gasteiger partial charge in [0.05, 0.1) is 0 Å². The number of hydrogen-bond acceptors (Lipinski definition) is 5. The first-order valence-corrected chi connectivity index (χ1v) is 19.7. The van der Waals surface area contributed by atoms with Crippen LogP contribution >= 0.6 is 11.6 Å². The lowest BCUT2D eigenvalue weighted by Crippen LogP contribution is -2.52. The van der Waals surface area contributed by atoms with Gasteiger partial charge in [0.25, 0.3) is 0 Å². The van der Waals surface area contributed by atoms with Crippen LogP contribution in [0.5, 0.6) is 0 Å². The van der Waals surface area contributed by atoms with Crippen molar-refractivity contribution in [1.82, 2.24) is 5.32 Å². The highest BCUT2D eigenvalue weighted by Crippen LogP contribution is 2.28. The van der Waals surface area contributed by atoms with Crippen LogP contribution in [-0.2, 0) is 8.23 Å². The third-order valence-electron chi connectivity index (χ3n) is 4.22. The van der Waals surface area contributed by atoms with E-state index in [0.717, 1.165) is 12.5 Å². The fourth-order valence-corrected chi connectivity index (χ4v) is 16.3. The van der Waals surface area contributed by atoms with E-state index < -0.39 is 25.2 Å². The number of nitrogens with one attached hydrogen (secondary N) is 1. The summed E-state index contributed by atoms with van der Waals surface area (Å²) in [7, 11) is -5.82. The van der Waals surface area contributed by atoms with Crippen LogP contribution in [-0.4, -0.2) is 43.3 Å². The van der Waals surface area contributed by atoms with Gasteiger partial charge in [-0.2, -0.15) is 0 Å². The lowest BCUT2D eigenvalue weighted by molar-refractivity contribution is 0.0974. The molecule has 160 valence electrons. The summed E-state index contributed by atoms with van der Waals surface area (Å²) in [4.78, 5) is 25.2. The number of Topliss-reactive ketones (excluding diaryl/α,β-unsaturated/α-hetero) is 2. The summed E-state index contributed by atoms with van der Waals surface area (Å²) in [6, 6.07) is 7.59. The number of rotatable bonds is 9. The molecule has 0 saturated carbocycles. The molecule has 0 saturated heterocycles. The molecule has 1 N–H and O–H groups in total. The van der Waals surface area contributed by atoms with Crippen molar-refractivity contribution < 1.29 is 17.8 Å². The van der Waals surface area contributed by atoms with Gasteiger partial charge in [-0.25, -0.2) is 0 Å². The van der Waals surface area contributed by atoms with Gasteiger partial charge in [0, 0.05) is 17.7 Å². The van der Waals surface area contributed by atoms with Gasteiger partial charge < -0.3 is 13.5 Å². The summed E-state index contributed by atoms with van der Waals surface area (Å²) in [5.74, 6) is -0.547. The van der Waals surface area contributed by atoms with Gasteiger partial charge in [-0.1, -0.05) is 35.9 Å². The second-order valence-corrected chi connectivity index (χ2v) is 22.7. The number of halogens is 1. The number of hydrogen-bond donors (Lipinski definition) is 1. The molecule has 0 aliphatic heterocycles. The lowest BCUT2D eigenvalue weighted by Gasteiger charge is -2.38. The highest BCUT2D eigenvalue weighted by atomic mass is 35.5. The van der Waals surface area contributed by atoms with Crippen molar-refractivity contribution in [3.05, 3.63) is 46.1 Å². The highest BCUT2D eigenvalue weighted by molar-refractivity contribution is 6.87. The van der Waals surface area contributed by atoms with E-state index in [2.05, 4.69) is 51.1 Å². The molecule has 0 atom stereocenters. The molecule has 5 nitrogen and oxygen atoms in total. The number of ketones is 2. The second-order valence-electron chi connectivity index (χ2n) is 9.49. The van der Waals surface area contributed by atoms with Crippen LogP contribution in [0.25, 0.3) is 0 Å². The Bertz CT molecular complexity index is 812. The lowest BCUT2D eigenvalue weighted by atomic mass is 9.92. The zero-order valence-electron chi connectivity index (χ0n) is 18.4. The van der Waals surface area contributed by atoms with Crippen molar-refractivity contribution in [2.45, 2.75) is 58.3 Å². The van der Waals surface area contributed by atoms with Crippen LogP contribution in [0, 0.1) is 0 Å². The van der Waals surface area contributed by atoms with Gasteiger partial charge in [-0.05, 0) is 58.3 Å². The standard InChI is InChI=1S/C20H32ClNO4Si3/c1-27(2,3)25-29(7,26-28(4,5)6)14-10-13-22-18-17(21)19(23)15-11-8-9-12-16(15)20(18)24/h8-9,11-12,22H,10,13-14H2,1-7H3. The van der Waals surface area contributed by atoms with Crippen molar-refractivity contribution in [3.63, 3.8) is 0 Å². The second kappa shape index (κ2) is 8.99. The Hall–Kier alpha value is -1.04. The van der Waals surface area contributed by atoms with Crippen molar-refractivity contribution in [2.75, 3.05) is 6.54 Å². The Morgan fingerprint density at radius 3 is 1.83 bits per heavy atom. The third kappa shape index (κ3) is 6.73. The van der Waals surface area contributed by atoms with Gasteiger partial charge in [-0.15, -0.1) is 0 Å². The van der Waals surface area contributed by atoms with Crippen LogP contribution in [0.15, 0.2) is 35.0 Å². The molecule has 0 radical (unpaired) electrons. The van der Waals surface area contributed by atoms with E-state index >= 15 is 0 Å². The normalized spacial score (nSPS) is 15.6. The minimum Gasteiger partial charge on any atom is -0.437 e. The maximum Gasteiger partial charge on any atom is 0.314 e. The summed E-state index contributed by atoms with van der Waals surface area (Å²) in [6.07, 6.45) is 0.772. The molecule has 0 fully saturated rings. The summed E-state index contributed by atoms with van der Waals surface area (Å²) >= 11 is 6.22. The third-order valence-corrected chi connectivity index (χ3v) is 14.2. The van der Waals surface area contributed by atoms with E-state index in [0.29, 0.717) is 17.7 Å². The number of benzene rings is 1. The first kappa shape index (κ1) is 24.2. The average Bonchev–Trinajstić information content (AvgIpc) is 2.55. The maximum absolute atomic E-state index is 12.8. The van der Waals surface area contributed by atoms with E-state index in [4.69, 9.17) is 19.8 Å². The van der Waals surface area contributed by atoms with Crippen LogP contribution in [0.1, 0.15) is 27.1 Å². The monoisotopic (exact) mass is 469 g/mol. The van der Waals surface area contributed by atoms with E-state index in [-0.39, 0.29) is 22.3 Å². The molecule has 1 aromatic carbocycles. The van der Waals surface area contributed by atoms with Crippen LogP contribution < -0.4 is 5.32 Å². The van der Waals surface area contributed by atoms with Crippen LogP contribution in [0.4, 0.5) is 0 Å². The molecular formula is C20H32ClNO4Si3. The number of fused-ring (bicyclic) bond motifs is 1. The van der Waals surface area contributed by atoms with Gasteiger partial charge in [0.1, 0.15) is 10.7 Å². The van der Waals surface area contributed by atoms with Gasteiger partial charge in [0.15, 0.2) is 16.6 Å². The van der Waals surface area contributed by atoms with E-state index in [1.807, 2.05) is 0 Å². The molecule has 0 heterocycles. The van der Waals surface area contributed by atoms with E-state index in [1.54, 1.807) is 24.3 Å². The first-order chi connectivity index (χ1) is 13.2. The zero-order chi connectivity index (χ0) is 22.0. The first-order valence-electron chi connectivity index (χ1n) is 9.95. The van der Waals surface area contributed by atoms with Gasteiger partial charge >= 0.3 is 8.56 Å². The number of carbonyl (C=O) groups excluding carboxylic acids is 2. The molecule has 9 heteroatoms. The Kier molecular flexibility index (Phi) is 7.51. The van der Waals surface area contributed by atoms with Crippen LogP contribution in [0.3, 0.4) is 0 Å². The largest absolute Gasteiger partial charge is 0.437 e. The molecule has 1 aliphatic rings. The van der Waals surface area contributed by atoms with E-state index in [1.165, 1.54) is 0 Å². The summed E-state index contributed by atoms with van der Waals surface area (Å²) in [5.41, 5.74) is 0.948. The smallest absolute Gasteiger partial charge is 0.314 e. The average molecular weight is 470 g/mol. The Labute approximate surface area is 182 Å². The predicted octanol–water partition coefficient (Wildman–Crippen LogP) is 5.27. The molecule has 1 aliphatic carbocycles. The molecule has 0 spiro atoms. The predicted molar refractivity (Wildman–Crippen MR) is 126 cm³/mol. The molecule has 1 aromatic rings. The van der Waals surface area contributed by atoms with Crippen LogP contribution in [0.2, 0.25) is 51.9 Å². The fraction of sp³-hybridized carbons (Fsp3) is 0.500. The molecule has 2 rings (SSSR count). The van der Waals surface area contributed by atoms with Crippen molar-refractivity contribution in [3.8, 4) is 0 Å². The molecule has 29 heavy (non-hydrogen) atoms. The molecule has 0 bridgehead atoms. The minimum absolute atomic E-state index is 0.0367. The summed E-state index contributed by atoms with van der Waals surface area (Å²) < 4.78 is 13.0. The SMILES string of the molecule is C[Si](C)(C)O[Si](C)(CCCNC1=C(Cl)C(=O)c2ccccc2C1=O)O[Si](C)(C)C. The molecule has 0 aromatic heterocycles. The summed E-state index contributed by atoms with van der Waals surface area (Å²) in [5, 5.41) is 3.07. The van der Waals surface area contributed by atoms with Gasteiger partial charge in [-0.3, -0.25) is 9.59 Å². The topological polar surface area (TPSA) is 64.6 Å². The quantitative estimate of drug-likeness (QED) is 0.394. The van der Waals surface area contributed by atoms with Crippen molar-refractivity contribution in [1.29, 1.82) is 0 Å². The maximum atomic E-state index is 12.8.